The Hall–Kier alpha value is -1.44. The van der Waals surface area contributed by atoms with Gasteiger partial charge in [-0.15, -0.1) is 0 Å². The molecule has 2 saturated heterocycles. The fourth-order valence-corrected chi connectivity index (χ4v) is 6.05. The van der Waals surface area contributed by atoms with Gasteiger partial charge in [0.15, 0.2) is 0 Å². The van der Waals surface area contributed by atoms with E-state index in [1.807, 2.05) is 6.92 Å². The zero-order valence-electron chi connectivity index (χ0n) is 17.9. The molecule has 0 aromatic heterocycles. The maximum atomic E-state index is 13.1. The molecule has 29 heavy (non-hydrogen) atoms. The summed E-state index contributed by atoms with van der Waals surface area (Å²) < 4.78 is 27.7. The molecule has 1 aromatic rings. The van der Waals surface area contributed by atoms with Crippen LogP contribution in [0.2, 0.25) is 0 Å². The number of benzene rings is 1. The number of sulfonamides is 1. The standard InChI is InChI=1S/C22H35N3O3S/c1-17-10-13-24(14-11-17)19(3)16-23-22(26)20-8-6-9-21(15-20)29(27,28)25-12-5-4-7-18(25)2/h6,8-9,15,17-19H,4-5,7,10-14,16H2,1-3H3,(H,23,26). The van der Waals surface area contributed by atoms with E-state index in [1.54, 1.807) is 22.5 Å². The molecule has 0 spiro atoms. The van der Waals surface area contributed by atoms with Gasteiger partial charge in [-0.3, -0.25) is 9.69 Å². The van der Waals surface area contributed by atoms with E-state index in [0.717, 1.165) is 38.3 Å². The highest BCUT2D eigenvalue weighted by molar-refractivity contribution is 7.89. The first-order valence-corrected chi connectivity index (χ1v) is 12.4. The van der Waals surface area contributed by atoms with Crippen molar-refractivity contribution in [2.75, 3.05) is 26.2 Å². The summed E-state index contributed by atoms with van der Waals surface area (Å²) in [6.45, 7) is 9.62. The molecule has 2 atom stereocenters. The van der Waals surface area contributed by atoms with Gasteiger partial charge in [-0.25, -0.2) is 8.42 Å². The number of hydrogen-bond donors (Lipinski definition) is 1. The second-order valence-electron chi connectivity index (χ2n) is 8.77. The van der Waals surface area contributed by atoms with Gasteiger partial charge in [0, 0.05) is 30.7 Å². The summed E-state index contributed by atoms with van der Waals surface area (Å²) in [4.78, 5) is 15.3. The van der Waals surface area contributed by atoms with E-state index in [-0.39, 0.29) is 22.9 Å². The van der Waals surface area contributed by atoms with Crippen LogP contribution >= 0.6 is 0 Å². The molecular formula is C22H35N3O3S. The fourth-order valence-electron chi connectivity index (χ4n) is 4.30. The van der Waals surface area contributed by atoms with Gasteiger partial charge < -0.3 is 5.32 Å². The van der Waals surface area contributed by atoms with Gasteiger partial charge >= 0.3 is 0 Å². The minimum Gasteiger partial charge on any atom is -0.350 e. The number of carbonyl (C=O) groups is 1. The molecule has 7 heteroatoms. The third-order valence-corrected chi connectivity index (χ3v) is 8.45. The highest BCUT2D eigenvalue weighted by Gasteiger charge is 2.31. The maximum absolute atomic E-state index is 13.1. The predicted octanol–water partition coefficient (Wildman–Crippen LogP) is 3.10. The topological polar surface area (TPSA) is 69.7 Å². The third-order valence-electron chi connectivity index (χ3n) is 6.44. The number of nitrogens with zero attached hydrogens (tertiary/aromatic N) is 2. The molecule has 0 radical (unpaired) electrons. The molecule has 6 nitrogen and oxygen atoms in total. The van der Waals surface area contributed by atoms with Gasteiger partial charge in [-0.1, -0.05) is 19.4 Å². The molecule has 1 N–H and O–H groups in total. The van der Waals surface area contributed by atoms with Crippen molar-refractivity contribution in [3.05, 3.63) is 29.8 Å². The Labute approximate surface area is 175 Å². The number of likely N-dealkylation sites (tertiary alicyclic amines) is 1. The molecule has 2 aliphatic rings. The Morgan fingerprint density at radius 3 is 2.55 bits per heavy atom. The minimum absolute atomic E-state index is 0.000608. The molecule has 1 aromatic carbocycles. The molecule has 2 aliphatic heterocycles. The summed E-state index contributed by atoms with van der Waals surface area (Å²) >= 11 is 0. The molecular weight excluding hydrogens is 386 g/mol. The Balaban J connectivity index is 1.63. The van der Waals surface area contributed by atoms with Crippen LogP contribution in [0.5, 0.6) is 0 Å². The van der Waals surface area contributed by atoms with Crippen molar-refractivity contribution in [2.24, 2.45) is 5.92 Å². The van der Waals surface area contributed by atoms with Crippen molar-refractivity contribution < 1.29 is 13.2 Å². The van der Waals surface area contributed by atoms with Gasteiger partial charge in [-0.05, 0) is 76.7 Å². The van der Waals surface area contributed by atoms with Crippen LogP contribution in [0.1, 0.15) is 63.2 Å². The lowest BCUT2D eigenvalue weighted by molar-refractivity contribution is 0.0921. The number of hydrogen-bond acceptors (Lipinski definition) is 4. The van der Waals surface area contributed by atoms with Crippen molar-refractivity contribution in [1.82, 2.24) is 14.5 Å². The Morgan fingerprint density at radius 1 is 1.14 bits per heavy atom. The monoisotopic (exact) mass is 421 g/mol. The third kappa shape index (κ3) is 5.38. The number of carbonyl (C=O) groups excluding carboxylic acids is 1. The first-order valence-electron chi connectivity index (χ1n) is 10.9. The summed E-state index contributed by atoms with van der Waals surface area (Å²) in [6, 6.07) is 6.71. The van der Waals surface area contributed by atoms with Gasteiger partial charge in [0.2, 0.25) is 10.0 Å². The summed E-state index contributed by atoms with van der Waals surface area (Å²) in [6.07, 6.45) is 5.23. The molecule has 162 valence electrons. The molecule has 0 aliphatic carbocycles. The predicted molar refractivity (Wildman–Crippen MR) is 115 cm³/mol. The molecule has 0 bridgehead atoms. The van der Waals surface area contributed by atoms with Crippen molar-refractivity contribution in [1.29, 1.82) is 0 Å². The molecule has 2 heterocycles. The first-order chi connectivity index (χ1) is 13.8. The highest BCUT2D eigenvalue weighted by Crippen LogP contribution is 2.25. The fraction of sp³-hybridized carbons (Fsp3) is 0.682. The van der Waals surface area contributed by atoms with Gasteiger partial charge in [0.25, 0.3) is 5.91 Å². The first kappa shape index (κ1) is 22.2. The average molecular weight is 422 g/mol. The second kappa shape index (κ2) is 9.58. The van der Waals surface area contributed by atoms with E-state index in [9.17, 15) is 13.2 Å². The van der Waals surface area contributed by atoms with E-state index < -0.39 is 10.0 Å². The zero-order chi connectivity index (χ0) is 21.0. The lowest BCUT2D eigenvalue weighted by Gasteiger charge is -2.35. The number of nitrogens with one attached hydrogen (secondary N) is 1. The summed E-state index contributed by atoms with van der Waals surface area (Å²) in [5.74, 6) is 0.561. The quantitative estimate of drug-likeness (QED) is 0.766. The molecule has 2 fully saturated rings. The minimum atomic E-state index is -3.58. The average Bonchev–Trinajstić information content (AvgIpc) is 2.72. The Morgan fingerprint density at radius 2 is 1.86 bits per heavy atom. The van der Waals surface area contributed by atoms with Gasteiger partial charge in [0.1, 0.15) is 0 Å². The van der Waals surface area contributed by atoms with E-state index in [0.29, 0.717) is 18.7 Å². The van der Waals surface area contributed by atoms with Crippen molar-refractivity contribution in [2.45, 2.75) is 69.9 Å². The van der Waals surface area contributed by atoms with E-state index in [4.69, 9.17) is 0 Å². The second-order valence-corrected chi connectivity index (χ2v) is 10.7. The SMILES string of the molecule is CC1CCN(C(C)CNC(=O)c2cccc(S(=O)(=O)N3CCCCC3C)c2)CC1. The van der Waals surface area contributed by atoms with Gasteiger partial charge in [0.05, 0.1) is 4.90 Å². The van der Waals surface area contributed by atoms with Crippen LogP contribution in [0.4, 0.5) is 0 Å². The highest BCUT2D eigenvalue weighted by atomic mass is 32.2. The van der Waals surface area contributed by atoms with Crippen molar-refractivity contribution >= 4 is 15.9 Å². The Kier molecular flexibility index (Phi) is 7.35. The summed E-state index contributed by atoms with van der Waals surface area (Å²) in [5, 5.41) is 2.99. The normalized spacial score (nSPS) is 23.6. The van der Waals surface area contributed by atoms with Crippen molar-refractivity contribution in [3.63, 3.8) is 0 Å². The lowest BCUT2D eigenvalue weighted by Crippen LogP contribution is -2.45. The smallest absolute Gasteiger partial charge is 0.251 e. The van der Waals surface area contributed by atoms with Crippen LogP contribution in [-0.4, -0.2) is 61.8 Å². The van der Waals surface area contributed by atoms with Crippen LogP contribution in [0.25, 0.3) is 0 Å². The van der Waals surface area contributed by atoms with Crippen LogP contribution < -0.4 is 5.32 Å². The van der Waals surface area contributed by atoms with E-state index in [1.165, 1.54) is 18.9 Å². The van der Waals surface area contributed by atoms with Crippen LogP contribution in [-0.2, 0) is 10.0 Å². The molecule has 0 saturated carbocycles. The summed E-state index contributed by atoms with van der Waals surface area (Å²) in [5.41, 5.74) is 0.398. The lowest BCUT2D eigenvalue weighted by atomic mass is 9.98. The van der Waals surface area contributed by atoms with Crippen molar-refractivity contribution in [3.8, 4) is 0 Å². The molecule has 3 rings (SSSR count). The number of amides is 1. The van der Waals surface area contributed by atoms with E-state index in [2.05, 4.69) is 24.1 Å². The maximum Gasteiger partial charge on any atom is 0.251 e. The zero-order valence-corrected chi connectivity index (χ0v) is 18.7. The van der Waals surface area contributed by atoms with Crippen LogP contribution in [0.3, 0.4) is 0 Å². The van der Waals surface area contributed by atoms with Crippen LogP contribution in [0, 0.1) is 5.92 Å². The van der Waals surface area contributed by atoms with E-state index >= 15 is 0 Å². The summed E-state index contributed by atoms with van der Waals surface area (Å²) in [7, 11) is -3.58. The van der Waals surface area contributed by atoms with Crippen LogP contribution in [0.15, 0.2) is 29.2 Å². The largest absolute Gasteiger partial charge is 0.350 e. The molecule has 1 amide bonds. The Bertz CT molecular complexity index is 803. The molecule has 2 unspecified atom stereocenters. The number of rotatable bonds is 6. The van der Waals surface area contributed by atoms with Gasteiger partial charge in [-0.2, -0.15) is 4.31 Å². The number of piperidine rings is 2.